The summed E-state index contributed by atoms with van der Waals surface area (Å²) in [5.74, 6) is 0.930. The minimum Gasteiger partial charge on any atom is -0.489 e. The maximum atomic E-state index is 6.27. The van der Waals surface area contributed by atoms with Crippen LogP contribution in [-0.4, -0.2) is 6.61 Å². The Labute approximate surface area is 174 Å². The average molecular weight is 434 g/mol. The molecule has 0 spiro atoms. The molecule has 26 heavy (non-hydrogen) atoms. The number of hydrogen-bond donors (Lipinski definition) is 0. The third kappa shape index (κ3) is 6.28. The van der Waals surface area contributed by atoms with Crippen molar-refractivity contribution < 1.29 is 9.47 Å². The molecule has 0 saturated heterocycles. The maximum Gasteiger partial charge on any atom is 0.157 e. The second-order valence-corrected chi connectivity index (χ2v) is 8.58. The van der Waals surface area contributed by atoms with Gasteiger partial charge in [-0.05, 0) is 22.6 Å². The highest BCUT2D eigenvalue weighted by atomic mass is 35.5. The number of halogens is 4. The summed E-state index contributed by atoms with van der Waals surface area (Å²) < 4.78 is 11.4. The number of hydrogen-bond acceptors (Lipinski definition) is 2. The predicted molar refractivity (Wildman–Crippen MR) is 111 cm³/mol. The van der Waals surface area contributed by atoms with E-state index in [4.69, 9.17) is 55.9 Å². The molecular weight excluding hydrogens is 414 g/mol. The Balaban J connectivity index is 2.04. The molecule has 0 radical (unpaired) electrons. The second kappa shape index (κ2) is 9.23. The topological polar surface area (TPSA) is 18.5 Å². The van der Waals surface area contributed by atoms with Gasteiger partial charge in [0.15, 0.2) is 5.75 Å². The van der Waals surface area contributed by atoms with Gasteiger partial charge in [-0.25, -0.2) is 0 Å². The van der Waals surface area contributed by atoms with Gasteiger partial charge >= 0.3 is 0 Å². The standard InChI is InChI=1S/C20H20Cl4O2/c1-20(2,3)14-6-4-13(5-7-14)12-26-19-16(21)10-15(11-17(19)22)25-9-8-18(23)24/h4-8,10-11H,9,12H2,1-3H3. The van der Waals surface area contributed by atoms with E-state index in [1.807, 2.05) is 12.1 Å². The lowest BCUT2D eigenvalue weighted by atomic mass is 9.87. The summed E-state index contributed by atoms with van der Waals surface area (Å²) in [5.41, 5.74) is 2.42. The molecule has 0 N–H and O–H groups in total. The summed E-state index contributed by atoms with van der Waals surface area (Å²) in [5, 5.41) is 0.750. The Morgan fingerprint density at radius 3 is 2.04 bits per heavy atom. The molecule has 0 atom stereocenters. The van der Waals surface area contributed by atoms with Crippen LogP contribution in [0.4, 0.5) is 0 Å². The molecule has 140 valence electrons. The molecule has 2 rings (SSSR count). The fourth-order valence-electron chi connectivity index (χ4n) is 2.22. The third-order valence-electron chi connectivity index (χ3n) is 3.66. The Bertz CT molecular complexity index is 750. The molecule has 0 aliphatic heterocycles. The smallest absolute Gasteiger partial charge is 0.157 e. The summed E-state index contributed by atoms with van der Waals surface area (Å²) in [7, 11) is 0. The first-order valence-electron chi connectivity index (χ1n) is 8.02. The zero-order valence-electron chi connectivity index (χ0n) is 14.8. The van der Waals surface area contributed by atoms with Crippen molar-refractivity contribution in [2.45, 2.75) is 32.8 Å². The van der Waals surface area contributed by atoms with Crippen LogP contribution >= 0.6 is 46.4 Å². The van der Waals surface area contributed by atoms with E-state index in [1.54, 1.807) is 12.1 Å². The zero-order valence-corrected chi connectivity index (χ0v) is 17.8. The van der Waals surface area contributed by atoms with Crippen molar-refractivity contribution in [3.63, 3.8) is 0 Å². The summed E-state index contributed by atoms with van der Waals surface area (Å²) in [6, 6.07) is 11.6. The molecule has 0 aliphatic rings. The maximum absolute atomic E-state index is 6.27. The Hall–Kier alpha value is -1.06. The van der Waals surface area contributed by atoms with Gasteiger partial charge in [-0.2, -0.15) is 0 Å². The summed E-state index contributed by atoms with van der Waals surface area (Å²) in [6.07, 6.45) is 1.52. The first kappa shape index (κ1) is 21.2. The quantitative estimate of drug-likeness (QED) is 0.467. The number of benzene rings is 2. The van der Waals surface area contributed by atoms with Crippen LogP contribution in [0, 0.1) is 0 Å². The van der Waals surface area contributed by atoms with E-state index in [1.165, 1.54) is 11.6 Å². The van der Waals surface area contributed by atoms with E-state index in [0.29, 0.717) is 28.2 Å². The lowest BCUT2D eigenvalue weighted by Crippen LogP contribution is -2.10. The van der Waals surface area contributed by atoms with Crippen LogP contribution in [-0.2, 0) is 12.0 Å². The molecule has 2 aromatic rings. The van der Waals surface area contributed by atoms with E-state index < -0.39 is 0 Å². The first-order valence-corrected chi connectivity index (χ1v) is 9.53. The highest BCUT2D eigenvalue weighted by molar-refractivity contribution is 6.55. The fourth-order valence-corrected chi connectivity index (χ4v) is 2.92. The van der Waals surface area contributed by atoms with Gasteiger partial charge in [-0.3, -0.25) is 0 Å². The molecule has 2 aromatic carbocycles. The molecule has 0 amide bonds. The van der Waals surface area contributed by atoms with Gasteiger partial charge in [0.05, 0.1) is 10.0 Å². The van der Waals surface area contributed by atoms with Gasteiger partial charge < -0.3 is 9.47 Å². The third-order valence-corrected chi connectivity index (χ3v) is 4.53. The summed E-state index contributed by atoms with van der Waals surface area (Å²) >= 11 is 23.6. The van der Waals surface area contributed by atoms with Crippen LogP contribution in [0.15, 0.2) is 47.0 Å². The lowest BCUT2D eigenvalue weighted by Gasteiger charge is -2.19. The van der Waals surface area contributed by atoms with Crippen molar-refractivity contribution in [2.75, 3.05) is 6.61 Å². The van der Waals surface area contributed by atoms with E-state index >= 15 is 0 Å². The highest BCUT2D eigenvalue weighted by Crippen LogP contribution is 2.37. The SMILES string of the molecule is CC(C)(C)c1ccc(COc2c(Cl)cc(OCC=C(Cl)Cl)cc2Cl)cc1. The molecule has 0 aliphatic carbocycles. The van der Waals surface area contributed by atoms with Crippen LogP contribution in [0.2, 0.25) is 10.0 Å². The van der Waals surface area contributed by atoms with E-state index in [-0.39, 0.29) is 16.5 Å². The van der Waals surface area contributed by atoms with Crippen molar-refractivity contribution in [2.24, 2.45) is 0 Å². The van der Waals surface area contributed by atoms with E-state index in [0.717, 1.165) is 5.56 Å². The average Bonchev–Trinajstić information content (AvgIpc) is 2.53. The molecule has 0 fully saturated rings. The van der Waals surface area contributed by atoms with Gasteiger partial charge in [0.25, 0.3) is 0 Å². The summed E-state index contributed by atoms with van der Waals surface area (Å²) in [4.78, 5) is 0. The molecule has 0 saturated carbocycles. The first-order chi connectivity index (χ1) is 12.2. The minimum atomic E-state index is 0.116. The van der Waals surface area contributed by atoms with Crippen molar-refractivity contribution in [3.05, 3.63) is 68.1 Å². The van der Waals surface area contributed by atoms with Crippen LogP contribution < -0.4 is 9.47 Å². The zero-order chi connectivity index (χ0) is 19.3. The highest BCUT2D eigenvalue weighted by Gasteiger charge is 2.14. The molecule has 0 heterocycles. The minimum absolute atomic E-state index is 0.116. The van der Waals surface area contributed by atoms with Crippen molar-refractivity contribution >= 4 is 46.4 Å². The van der Waals surface area contributed by atoms with Gasteiger partial charge in [-0.15, -0.1) is 0 Å². The molecule has 2 nitrogen and oxygen atoms in total. The lowest BCUT2D eigenvalue weighted by molar-refractivity contribution is 0.305. The van der Waals surface area contributed by atoms with Gasteiger partial charge in [0.1, 0.15) is 23.5 Å². The van der Waals surface area contributed by atoms with Gasteiger partial charge in [-0.1, -0.05) is 91.4 Å². The van der Waals surface area contributed by atoms with Crippen LogP contribution in [0.25, 0.3) is 0 Å². The second-order valence-electron chi connectivity index (χ2n) is 6.76. The Morgan fingerprint density at radius 2 is 1.54 bits per heavy atom. The fraction of sp³-hybridized carbons (Fsp3) is 0.300. The molecular formula is C20H20Cl4O2. The predicted octanol–water partition coefficient (Wildman–Crippen LogP) is 7.57. The van der Waals surface area contributed by atoms with E-state index in [2.05, 4.69) is 32.9 Å². The molecule has 0 bridgehead atoms. The van der Waals surface area contributed by atoms with Crippen molar-refractivity contribution in [3.8, 4) is 11.5 Å². The summed E-state index contributed by atoms with van der Waals surface area (Å²) in [6.45, 7) is 7.12. The number of ether oxygens (including phenoxy) is 2. The van der Waals surface area contributed by atoms with Gasteiger partial charge in [0.2, 0.25) is 0 Å². The number of rotatable bonds is 6. The van der Waals surface area contributed by atoms with Crippen molar-refractivity contribution in [1.29, 1.82) is 0 Å². The van der Waals surface area contributed by atoms with Crippen molar-refractivity contribution in [1.82, 2.24) is 0 Å². The molecule has 0 unspecified atom stereocenters. The normalized spacial score (nSPS) is 11.2. The molecule has 6 heteroatoms. The monoisotopic (exact) mass is 432 g/mol. The van der Waals surface area contributed by atoms with Crippen LogP contribution in [0.3, 0.4) is 0 Å². The van der Waals surface area contributed by atoms with Crippen LogP contribution in [0.1, 0.15) is 31.9 Å². The Morgan fingerprint density at radius 1 is 0.962 bits per heavy atom. The Kier molecular flexibility index (Phi) is 7.54. The van der Waals surface area contributed by atoms with Gasteiger partial charge in [0, 0.05) is 12.1 Å². The molecule has 0 aromatic heterocycles. The van der Waals surface area contributed by atoms with E-state index in [9.17, 15) is 0 Å². The van der Waals surface area contributed by atoms with Crippen LogP contribution in [0.5, 0.6) is 11.5 Å². The largest absolute Gasteiger partial charge is 0.489 e.